The highest BCUT2D eigenvalue weighted by Gasteiger charge is 2.60. The summed E-state index contributed by atoms with van der Waals surface area (Å²) in [6.07, 6.45) is 3.52. The van der Waals surface area contributed by atoms with Crippen LogP contribution in [-0.4, -0.2) is 47.5 Å². The largest absolute Gasteiger partial charge is 0.370 e. The Labute approximate surface area is 216 Å². The van der Waals surface area contributed by atoms with Crippen molar-refractivity contribution in [2.75, 3.05) is 13.1 Å². The summed E-state index contributed by atoms with van der Waals surface area (Å²) < 4.78 is 28.5. The first-order valence-corrected chi connectivity index (χ1v) is 13.8. The molecule has 0 radical (unpaired) electrons. The third kappa shape index (κ3) is 4.26. The number of likely N-dealkylation sites (tertiary alicyclic amines) is 1. The Kier molecular flexibility index (Phi) is 6.70. The number of benzene rings is 3. The molecule has 1 saturated heterocycles. The van der Waals surface area contributed by atoms with Crippen molar-refractivity contribution in [3.05, 3.63) is 113 Å². The number of carbonyl (C=O) groups excluding carboxylic acids is 2. The Hall–Kier alpha value is -3.75. The lowest BCUT2D eigenvalue weighted by Gasteiger charge is -2.39. The first-order valence-electron chi connectivity index (χ1n) is 12.4. The van der Waals surface area contributed by atoms with Crippen LogP contribution in [0.3, 0.4) is 0 Å². The number of amides is 1. The quantitative estimate of drug-likeness (QED) is 0.392. The van der Waals surface area contributed by atoms with Gasteiger partial charge in [0.1, 0.15) is 5.57 Å². The zero-order valence-corrected chi connectivity index (χ0v) is 21.1. The summed E-state index contributed by atoms with van der Waals surface area (Å²) >= 11 is 0. The van der Waals surface area contributed by atoms with Crippen LogP contribution in [0.1, 0.15) is 41.6 Å². The fraction of sp³-hybridized carbons (Fsp3) is 0.241. The van der Waals surface area contributed by atoms with Gasteiger partial charge in [-0.15, -0.1) is 0 Å². The molecule has 190 valence electrons. The fourth-order valence-corrected chi connectivity index (χ4v) is 6.70. The Balaban J connectivity index is 1.80. The van der Waals surface area contributed by atoms with E-state index in [1.807, 2.05) is 4.90 Å². The number of carbonyl (C=O) groups is 2. The van der Waals surface area contributed by atoms with Crippen LogP contribution in [0.5, 0.6) is 0 Å². The molecule has 7 nitrogen and oxygen atoms in total. The summed E-state index contributed by atoms with van der Waals surface area (Å²) in [5.41, 5.74) is -2.26. The number of hydrogen-bond donors (Lipinski definition) is 1. The number of hydrogen-bond acceptors (Lipinski definition) is 6. The molecule has 3 aromatic rings. The standard InChI is InChI=1S/C29H28N2O5S/c32-26(22-14-6-3-7-15-22)25-27(30-20-12-1-2-13-21-30)29(34,23-16-8-4-9-17-23)31(28(25)33)37(35,36)24-18-10-5-11-19-24/h3-11,14-19,34H,1-2,12-13,20-21H2. The van der Waals surface area contributed by atoms with E-state index in [0.29, 0.717) is 17.4 Å². The number of aliphatic hydroxyl groups is 1. The zero-order valence-electron chi connectivity index (χ0n) is 20.3. The Morgan fingerprint density at radius 2 is 1.27 bits per heavy atom. The molecule has 5 rings (SSSR count). The first-order chi connectivity index (χ1) is 17.9. The highest BCUT2D eigenvalue weighted by Crippen LogP contribution is 2.47. The van der Waals surface area contributed by atoms with E-state index in [1.165, 1.54) is 12.1 Å². The lowest BCUT2D eigenvalue weighted by molar-refractivity contribution is -0.133. The Bertz CT molecular complexity index is 1430. The maximum absolute atomic E-state index is 14.1. The van der Waals surface area contributed by atoms with Crippen molar-refractivity contribution >= 4 is 21.7 Å². The van der Waals surface area contributed by atoms with Crippen molar-refractivity contribution < 1.29 is 23.1 Å². The summed E-state index contributed by atoms with van der Waals surface area (Å²) in [7, 11) is -4.56. The minimum atomic E-state index is -4.56. The maximum atomic E-state index is 14.1. The molecule has 1 N–H and O–H groups in total. The molecule has 2 aliphatic heterocycles. The lowest BCUT2D eigenvalue weighted by atomic mass is 9.95. The topological polar surface area (TPSA) is 95.0 Å². The van der Waals surface area contributed by atoms with Gasteiger partial charge in [0.15, 0.2) is 0 Å². The van der Waals surface area contributed by atoms with Gasteiger partial charge in [-0.3, -0.25) is 9.59 Å². The van der Waals surface area contributed by atoms with Crippen LogP contribution in [0.4, 0.5) is 0 Å². The number of nitrogens with zero attached hydrogens (tertiary/aromatic N) is 2. The average molecular weight is 517 g/mol. The van der Waals surface area contributed by atoms with Crippen molar-refractivity contribution in [2.24, 2.45) is 0 Å². The molecule has 2 heterocycles. The average Bonchev–Trinajstić information content (AvgIpc) is 3.07. The van der Waals surface area contributed by atoms with Gasteiger partial charge in [0, 0.05) is 24.2 Å². The second-order valence-corrected chi connectivity index (χ2v) is 11.0. The normalized spacial score (nSPS) is 20.7. The van der Waals surface area contributed by atoms with Crippen molar-refractivity contribution in [1.29, 1.82) is 0 Å². The minimum Gasteiger partial charge on any atom is -0.370 e. The molecule has 0 saturated carbocycles. The highest BCUT2D eigenvalue weighted by atomic mass is 32.2. The van der Waals surface area contributed by atoms with Gasteiger partial charge in [-0.2, -0.15) is 4.31 Å². The van der Waals surface area contributed by atoms with Crippen LogP contribution in [0, 0.1) is 0 Å². The molecule has 0 spiro atoms. The summed E-state index contributed by atoms with van der Waals surface area (Å²) in [6.45, 7) is 0.977. The van der Waals surface area contributed by atoms with Crippen molar-refractivity contribution in [1.82, 2.24) is 9.21 Å². The van der Waals surface area contributed by atoms with E-state index in [2.05, 4.69) is 0 Å². The van der Waals surface area contributed by atoms with E-state index in [1.54, 1.807) is 78.9 Å². The molecule has 2 aliphatic rings. The SMILES string of the molecule is O=C(C1=C(N2CCCCCC2)C(O)(c2ccccc2)N(S(=O)(=O)c2ccccc2)C1=O)c1ccccc1. The second kappa shape index (κ2) is 9.95. The summed E-state index contributed by atoms with van der Waals surface area (Å²) in [5, 5.41) is 12.5. The van der Waals surface area contributed by atoms with Crippen LogP contribution in [0.2, 0.25) is 0 Å². The smallest absolute Gasteiger partial charge is 0.276 e. The molecule has 0 bridgehead atoms. The number of Topliss-reactive ketones (excluding diaryl/α,β-unsaturated/α-hetero) is 1. The summed E-state index contributed by atoms with van der Waals surface area (Å²) in [5.74, 6) is -1.66. The van der Waals surface area contributed by atoms with E-state index in [9.17, 15) is 23.1 Å². The molecule has 3 aromatic carbocycles. The monoisotopic (exact) mass is 516 g/mol. The van der Waals surface area contributed by atoms with Gasteiger partial charge in [0.05, 0.1) is 10.6 Å². The molecule has 1 fully saturated rings. The second-order valence-electron chi connectivity index (χ2n) is 9.25. The molecule has 0 aromatic heterocycles. The van der Waals surface area contributed by atoms with Gasteiger partial charge in [0.2, 0.25) is 11.5 Å². The van der Waals surface area contributed by atoms with Crippen LogP contribution in [0.25, 0.3) is 0 Å². The van der Waals surface area contributed by atoms with E-state index in [4.69, 9.17) is 0 Å². The minimum absolute atomic E-state index is 0.0268. The maximum Gasteiger partial charge on any atom is 0.276 e. The third-order valence-corrected chi connectivity index (χ3v) is 8.68. The van der Waals surface area contributed by atoms with Gasteiger partial charge in [-0.1, -0.05) is 91.7 Å². The van der Waals surface area contributed by atoms with Gasteiger partial charge < -0.3 is 10.0 Å². The van der Waals surface area contributed by atoms with Crippen molar-refractivity contribution in [3.63, 3.8) is 0 Å². The predicted octanol–water partition coefficient (Wildman–Crippen LogP) is 4.08. The molecule has 1 unspecified atom stereocenters. The van der Waals surface area contributed by atoms with Crippen molar-refractivity contribution in [2.45, 2.75) is 36.3 Å². The predicted molar refractivity (Wildman–Crippen MR) is 139 cm³/mol. The van der Waals surface area contributed by atoms with Crippen LogP contribution in [0.15, 0.2) is 107 Å². The molecular formula is C29H28N2O5S. The molecule has 0 aliphatic carbocycles. The fourth-order valence-electron chi connectivity index (χ4n) is 5.14. The summed E-state index contributed by atoms with van der Waals surface area (Å²) in [6, 6.07) is 24.0. The van der Waals surface area contributed by atoms with E-state index in [-0.39, 0.29) is 27.3 Å². The molecule has 1 atom stereocenters. The Morgan fingerprint density at radius 3 is 1.84 bits per heavy atom. The van der Waals surface area contributed by atoms with E-state index >= 15 is 0 Å². The number of ketones is 1. The van der Waals surface area contributed by atoms with Gasteiger partial charge >= 0.3 is 0 Å². The van der Waals surface area contributed by atoms with Crippen LogP contribution >= 0.6 is 0 Å². The molecule has 1 amide bonds. The first kappa shape index (κ1) is 24.9. The van der Waals surface area contributed by atoms with E-state index < -0.39 is 27.4 Å². The molecule has 8 heteroatoms. The lowest BCUT2D eigenvalue weighted by Crippen LogP contribution is -2.51. The van der Waals surface area contributed by atoms with Crippen LogP contribution < -0.4 is 0 Å². The van der Waals surface area contributed by atoms with Crippen molar-refractivity contribution in [3.8, 4) is 0 Å². The molecular weight excluding hydrogens is 488 g/mol. The highest BCUT2D eigenvalue weighted by molar-refractivity contribution is 7.89. The zero-order chi connectivity index (χ0) is 26.0. The van der Waals surface area contributed by atoms with Gasteiger partial charge in [-0.05, 0) is 25.0 Å². The van der Waals surface area contributed by atoms with Gasteiger partial charge in [-0.25, -0.2) is 8.42 Å². The molecule has 37 heavy (non-hydrogen) atoms. The van der Waals surface area contributed by atoms with Crippen LogP contribution in [-0.2, 0) is 20.5 Å². The third-order valence-electron chi connectivity index (χ3n) is 6.90. The summed E-state index contributed by atoms with van der Waals surface area (Å²) in [4.78, 5) is 29.7. The van der Waals surface area contributed by atoms with E-state index in [0.717, 1.165) is 25.7 Å². The Morgan fingerprint density at radius 1 is 0.757 bits per heavy atom. The number of sulfonamides is 1. The number of rotatable bonds is 6. The van der Waals surface area contributed by atoms with Gasteiger partial charge in [0.25, 0.3) is 15.9 Å².